The van der Waals surface area contributed by atoms with Crippen LogP contribution in [-0.4, -0.2) is 51.4 Å². The molecule has 5 heteroatoms. The van der Waals surface area contributed by atoms with Crippen molar-refractivity contribution in [2.24, 2.45) is 5.92 Å². The normalized spacial score (nSPS) is 24.6. The van der Waals surface area contributed by atoms with Gasteiger partial charge in [0.15, 0.2) is 0 Å². The van der Waals surface area contributed by atoms with Crippen molar-refractivity contribution in [3.8, 4) is 0 Å². The molecule has 2 bridgehead atoms. The van der Waals surface area contributed by atoms with Gasteiger partial charge in [-0.15, -0.1) is 0 Å². The molecule has 1 aromatic carbocycles. The molecule has 1 N–H and O–H groups in total. The Morgan fingerprint density at radius 2 is 2.04 bits per heavy atom. The molecule has 1 amide bonds. The van der Waals surface area contributed by atoms with Crippen molar-refractivity contribution in [1.29, 1.82) is 0 Å². The van der Waals surface area contributed by atoms with E-state index in [1.165, 1.54) is 12.8 Å². The van der Waals surface area contributed by atoms with Crippen LogP contribution in [0.4, 0.5) is 0 Å². The number of amides is 1. The summed E-state index contributed by atoms with van der Waals surface area (Å²) in [4.78, 5) is 24.9. The fraction of sp³-hybridized carbons (Fsp3) is 0.444. The van der Waals surface area contributed by atoms with E-state index in [0.29, 0.717) is 12.0 Å². The third-order valence-electron chi connectivity index (χ3n) is 5.04. The van der Waals surface area contributed by atoms with E-state index in [4.69, 9.17) is 0 Å². The van der Waals surface area contributed by atoms with E-state index in [-0.39, 0.29) is 5.91 Å². The highest BCUT2D eigenvalue weighted by Gasteiger charge is 2.36. The first kappa shape index (κ1) is 14.5. The number of nitrogens with one attached hydrogen (secondary N) is 1. The third kappa shape index (κ3) is 3.01. The average Bonchev–Trinajstić information content (AvgIpc) is 2.93. The number of rotatable bonds is 3. The van der Waals surface area contributed by atoms with Crippen LogP contribution in [0.3, 0.4) is 0 Å². The molecular formula is C18H22N4O. The van der Waals surface area contributed by atoms with E-state index in [2.05, 4.69) is 19.8 Å². The number of H-pyrrole nitrogens is 1. The number of imidazole rings is 1. The Kier molecular flexibility index (Phi) is 3.87. The van der Waals surface area contributed by atoms with E-state index >= 15 is 0 Å². The highest BCUT2D eigenvalue weighted by atomic mass is 16.2. The average molecular weight is 310 g/mol. The SMILES string of the molecule is O=C(c1ccccc1)N1C[C@H]2CC[C@@H](C1)N(Cc1ncc[nH]1)C2. The number of hydrogen-bond acceptors (Lipinski definition) is 3. The highest BCUT2D eigenvalue weighted by molar-refractivity contribution is 5.94. The first-order chi connectivity index (χ1) is 11.3. The lowest BCUT2D eigenvalue weighted by Crippen LogP contribution is -2.44. The molecule has 1 aromatic heterocycles. The lowest BCUT2D eigenvalue weighted by Gasteiger charge is -2.35. The van der Waals surface area contributed by atoms with Gasteiger partial charge in [-0.1, -0.05) is 18.2 Å². The molecule has 3 fully saturated rings. The molecule has 0 unspecified atom stereocenters. The van der Waals surface area contributed by atoms with Crippen LogP contribution in [0.15, 0.2) is 42.7 Å². The Balaban J connectivity index is 1.50. The highest BCUT2D eigenvalue weighted by Crippen LogP contribution is 2.29. The molecule has 5 nitrogen and oxygen atoms in total. The van der Waals surface area contributed by atoms with E-state index in [1.54, 1.807) is 6.20 Å². The van der Waals surface area contributed by atoms with Gasteiger partial charge in [-0.05, 0) is 30.9 Å². The van der Waals surface area contributed by atoms with Gasteiger partial charge in [-0.2, -0.15) is 0 Å². The zero-order chi connectivity index (χ0) is 15.6. The van der Waals surface area contributed by atoms with Gasteiger partial charge < -0.3 is 9.88 Å². The molecule has 4 heterocycles. The molecule has 3 aliphatic rings. The minimum absolute atomic E-state index is 0.169. The zero-order valence-electron chi connectivity index (χ0n) is 13.2. The van der Waals surface area contributed by atoms with Gasteiger partial charge in [0, 0.05) is 43.6 Å². The summed E-state index contributed by atoms with van der Waals surface area (Å²) in [5.74, 6) is 1.75. The van der Waals surface area contributed by atoms with Crippen molar-refractivity contribution in [3.63, 3.8) is 0 Å². The molecule has 23 heavy (non-hydrogen) atoms. The summed E-state index contributed by atoms with van der Waals surface area (Å²) < 4.78 is 0. The maximum absolute atomic E-state index is 12.8. The summed E-state index contributed by atoms with van der Waals surface area (Å²) in [6.07, 6.45) is 6.06. The quantitative estimate of drug-likeness (QED) is 0.945. The van der Waals surface area contributed by atoms with Gasteiger partial charge in [0.1, 0.15) is 5.82 Å². The maximum Gasteiger partial charge on any atom is 0.253 e. The Labute approximate surface area is 136 Å². The van der Waals surface area contributed by atoms with Crippen LogP contribution in [0.5, 0.6) is 0 Å². The summed E-state index contributed by atoms with van der Waals surface area (Å²) >= 11 is 0. The minimum atomic E-state index is 0.169. The predicted molar refractivity (Wildman–Crippen MR) is 87.9 cm³/mol. The van der Waals surface area contributed by atoms with Gasteiger partial charge in [-0.3, -0.25) is 9.69 Å². The Morgan fingerprint density at radius 3 is 2.83 bits per heavy atom. The topological polar surface area (TPSA) is 52.2 Å². The monoisotopic (exact) mass is 310 g/mol. The van der Waals surface area contributed by atoms with Crippen molar-refractivity contribution in [1.82, 2.24) is 19.8 Å². The number of fused-ring (bicyclic) bond motifs is 4. The number of aromatic nitrogens is 2. The molecule has 0 radical (unpaired) electrons. The van der Waals surface area contributed by atoms with E-state index in [9.17, 15) is 4.79 Å². The summed E-state index contributed by atoms with van der Waals surface area (Å²) in [5.41, 5.74) is 0.798. The van der Waals surface area contributed by atoms with Crippen LogP contribution < -0.4 is 0 Å². The molecule has 5 rings (SSSR count). The van der Waals surface area contributed by atoms with E-state index in [1.807, 2.05) is 36.5 Å². The second-order valence-electron chi connectivity index (χ2n) is 6.64. The van der Waals surface area contributed by atoms with Gasteiger partial charge in [0.2, 0.25) is 0 Å². The van der Waals surface area contributed by atoms with Crippen LogP contribution in [0, 0.1) is 5.92 Å². The molecular weight excluding hydrogens is 288 g/mol. The van der Waals surface area contributed by atoms with E-state index < -0.39 is 0 Å². The van der Waals surface area contributed by atoms with Crippen LogP contribution in [0.2, 0.25) is 0 Å². The Morgan fingerprint density at radius 1 is 1.17 bits per heavy atom. The number of hydrogen-bond donors (Lipinski definition) is 1. The minimum Gasteiger partial charge on any atom is -0.348 e. The molecule has 0 saturated carbocycles. The van der Waals surface area contributed by atoms with Crippen LogP contribution in [0.25, 0.3) is 0 Å². The summed E-state index contributed by atoms with van der Waals surface area (Å²) in [6, 6.07) is 10.1. The van der Waals surface area contributed by atoms with E-state index in [0.717, 1.165) is 37.6 Å². The van der Waals surface area contributed by atoms with Crippen LogP contribution in [-0.2, 0) is 6.54 Å². The molecule has 120 valence electrons. The third-order valence-corrected chi connectivity index (χ3v) is 5.04. The van der Waals surface area contributed by atoms with Crippen molar-refractivity contribution < 1.29 is 4.79 Å². The number of carbonyl (C=O) groups is 1. The molecule has 0 spiro atoms. The number of nitrogens with zero attached hydrogens (tertiary/aromatic N) is 3. The number of benzene rings is 1. The van der Waals surface area contributed by atoms with Crippen molar-refractivity contribution in [2.45, 2.75) is 25.4 Å². The summed E-state index contributed by atoms with van der Waals surface area (Å²) in [5, 5.41) is 0. The second-order valence-corrected chi connectivity index (χ2v) is 6.64. The van der Waals surface area contributed by atoms with Crippen molar-refractivity contribution >= 4 is 5.91 Å². The molecule has 2 aromatic rings. The lowest BCUT2D eigenvalue weighted by atomic mass is 9.95. The van der Waals surface area contributed by atoms with Crippen molar-refractivity contribution in [2.75, 3.05) is 19.6 Å². The van der Waals surface area contributed by atoms with Crippen LogP contribution >= 0.6 is 0 Å². The summed E-state index contributed by atoms with van der Waals surface area (Å²) in [6.45, 7) is 3.61. The first-order valence-electron chi connectivity index (χ1n) is 8.36. The smallest absolute Gasteiger partial charge is 0.253 e. The lowest BCUT2D eigenvalue weighted by molar-refractivity contribution is 0.0735. The van der Waals surface area contributed by atoms with Gasteiger partial charge in [0.25, 0.3) is 5.91 Å². The second kappa shape index (κ2) is 6.16. The fourth-order valence-electron chi connectivity index (χ4n) is 3.88. The predicted octanol–water partition coefficient (Wildman–Crippen LogP) is 2.15. The molecule has 0 aliphatic carbocycles. The molecule has 3 aliphatic heterocycles. The number of piperidine rings is 1. The zero-order valence-corrected chi connectivity index (χ0v) is 13.2. The standard InChI is InChI=1S/C18H22N4O/c23-18(15-4-2-1-3-5-15)22-11-14-6-7-16(12-22)21(10-14)13-17-19-8-9-20-17/h1-5,8-9,14,16H,6-7,10-13H2,(H,19,20)/t14-,16-/m0/s1. The largest absolute Gasteiger partial charge is 0.348 e. The van der Waals surface area contributed by atoms with Gasteiger partial charge >= 0.3 is 0 Å². The molecule has 2 atom stereocenters. The molecule has 3 saturated heterocycles. The Bertz CT molecular complexity index is 655. The maximum atomic E-state index is 12.8. The van der Waals surface area contributed by atoms with Gasteiger partial charge in [0.05, 0.1) is 6.54 Å². The first-order valence-corrected chi connectivity index (χ1v) is 8.36. The van der Waals surface area contributed by atoms with Gasteiger partial charge in [-0.25, -0.2) is 4.98 Å². The summed E-state index contributed by atoms with van der Waals surface area (Å²) in [7, 11) is 0. The number of carbonyl (C=O) groups excluding carboxylic acids is 1. The Hall–Kier alpha value is -2.14. The number of aromatic amines is 1. The fourth-order valence-corrected chi connectivity index (χ4v) is 3.88. The van der Waals surface area contributed by atoms with Crippen LogP contribution in [0.1, 0.15) is 29.0 Å². The van der Waals surface area contributed by atoms with Crippen molar-refractivity contribution in [3.05, 3.63) is 54.1 Å².